The molecule has 0 aromatic heterocycles. The van der Waals surface area contributed by atoms with E-state index in [1.54, 1.807) is 14.2 Å². The Morgan fingerprint density at radius 3 is 2.81 bits per heavy atom. The third kappa shape index (κ3) is 1.74. The minimum absolute atomic E-state index is 0.0245. The van der Waals surface area contributed by atoms with Crippen LogP contribution in [0.4, 0.5) is 0 Å². The topological polar surface area (TPSA) is 53.7 Å². The molecule has 0 radical (unpaired) electrons. The third-order valence-corrected chi connectivity index (χ3v) is 2.92. The second-order valence-corrected chi connectivity index (χ2v) is 3.71. The lowest BCUT2D eigenvalue weighted by molar-refractivity contribution is 0.0475. The van der Waals surface area contributed by atoms with Crippen molar-refractivity contribution in [1.82, 2.24) is 0 Å². The molecule has 2 N–H and O–H groups in total. The van der Waals surface area contributed by atoms with Gasteiger partial charge in [0.1, 0.15) is 0 Å². The molecule has 0 amide bonds. The number of fused-ring (bicyclic) bond motifs is 1. The SMILES string of the molecule is COc1ccc2c(c1OC)CCO[C@@H]2CN. The van der Waals surface area contributed by atoms with Gasteiger partial charge in [0.15, 0.2) is 11.5 Å². The molecule has 1 aromatic carbocycles. The molecule has 1 aliphatic heterocycles. The lowest BCUT2D eigenvalue weighted by Crippen LogP contribution is -2.23. The van der Waals surface area contributed by atoms with Crippen LogP contribution in [0.1, 0.15) is 17.2 Å². The number of nitrogens with two attached hydrogens (primary N) is 1. The summed E-state index contributed by atoms with van der Waals surface area (Å²) in [5, 5.41) is 0. The van der Waals surface area contributed by atoms with Crippen molar-refractivity contribution in [1.29, 1.82) is 0 Å². The number of rotatable bonds is 3. The summed E-state index contributed by atoms with van der Waals surface area (Å²) in [4.78, 5) is 0. The van der Waals surface area contributed by atoms with Gasteiger partial charge < -0.3 is 19.9 Å². The van der Waals surface area contributed by atoms with Crippen LogP contribution in [0.15, 0.2) is 12.1 Å². The fraction of sp³-hybridized carbons (Fsp3) is 0.500. The van der Waals surface area contributed by atoms with Crippen molar-refractivity contribution >= 4 is 0 Å². The molecule has 2 rings (SSSR count). The van der Waals surface area contributed by atoms with Gasteiger partial charge in [0.05, 0.1) is 26.9 Å². The second kappa shape index (κ2) is 4.72. The van der Waals surface area contributed by atoms with Gasteiger partial charge in [-0.3, -0.25) is 0 Å². The van der Waals surface area contributed by atoms with Crippen LogP contribution in [0.25, 0.3) is 0 Å². The Hall–Kier alpha value is -1.26. The standard InChI is InChI=1S/C12H17NO3/c1-14-10-4-3-8-9(12(10)15-2)5-6-16-11(8)7-13/h3-4,11H,5-7,13H2,1-2H3/t11-/m1/s1. The van der Waals surface area contributed by atoms with Gasteiger partial charge in [-0.2, -0.15) is 0 Å². The molecule has 0 saturated carbocycles. The maximum Gasteiger partial charge on any atom is 0.164 e. The van der Waals surface area contributed by atoms with E-state index in [0.29, 0.717) is 13.2 Å². The molecular weight excluding hydrogens is 206 g/mol. The first-order chi connectivity index (χ1) is 7.81. The van der Waals surface area contributed by atoms with Crippen LogP contribution in [-0.4, -0.2) is 27.4 Å². The van der Waals surface area contributed by atoms with E-state index in [2.05, 4.69) is 0 Å². The van der Waals surface area contributed by atoms with Crippen molar-refractivity contribution in [3.05, 3.63) is 23.3 Å². The van der Waals surface area contributed by atoms with Crippen LogP contribution in [-0.2, 0) is 11.2 Å². The van der Waals surface area contributed by atoms with Crippen molar-refractivity contribution in [2.45, 2.75) is 12.5 Å². The van der Waals surface area contributed by atoms with Gasteiger partial charge in [-0.25, -0.2) is 0 Å². The summed E-state index contributed by atoms with van der Waals surface area (Å²) in [6, 6.07) is 3.91. The van der Waals surface area contributed by atoms with E-state index in [4.69, 9.17) is 19.9 Å². The molecule has 16 heavy (non-hydrogen) atoms. The van der Waals surface area contributed by atoms with Crippen molar-refractivity contribution < 1.29 is 14.2 Å². The summed E-state index contributed by atoms with van der Waals surface area (Å²) in [5.41, 5.74) is 7.96. The highest BCUT2D eigenvalue weighted by Gasteiger charge is 2.24. The molecule has 0 bridgehead atoms. The zero-order chi connectivity index (χ0) is 11.5. The number of methoxy groups -OCH3 is 2. The highest BCUT2D eigenvalue weighted by atomic mass is 16.5. The molecule has 1 aliphatic rings. The van der Waals surface area contributed by atoms with Gasteiger partial charge in [0.25, 0.3) is 0 Å². The van der Waals surface area contributed by atoms with E-state index in [1.807, 2.05) is 12.1 Å². The highest BCUT2D eigenvalue weighted by Crippen LogP contribution is 2.39. The summed E-state index contributed by atoms with van der Waals surface area (Å²) in [6.45, 7) is 1.17. The summed E-state index contributed by atoms with van der Waals surface area (Å²) in [5.74, 6) is 1.57. The number of ether oxygens (including phenoxy) is 3. The molecular formula is C12H17NO3. The Bertz CT molecular complexity index is 379. The van der Waals surface area contributed by atoms with Gasteiger partial charge in [0.2, 0.25) is 0 Å². The van der Waals surface area contributed by atoms with E-state index < -0.39 is 0 Å². The fourth-order valence-corrected chi connectivity index (χ4v) is 2.15. The Morgan fingerprint density at radius 2 is 2.19 bits per heavy atom. The predicted molar refractivity (Wildman–Crippen MR) is 61.0 cm³/mol. The average Bonchev–Trinajstić information content (AvgIpc) is 2.36. The largest absolute Gasteiger partial charge is 0.493 e. The molecule has 0 aliphatic carbocycles. The van der Waals surface area contributed by atoms with Crippen LogP contribution in [0.5, 0.6) is 11.5 Å². The minimum Gasteiger partial charge on any atom is -0.493 e. The zero-order valence-electron chi connectivity index (χ0n) is 9.66. The maximum absolute atomic E-state index is 5.68. The van der Waals surface area contributed by atoms with Crippen LogP contribution >= 0.6 is 0 Å². The quantitative estimate of drug-likeness (QED) is 0.838. The van der Waals surface area contributed by atoms with Crippen LogP contribution in [0, 0.1) is 0 Å². The zero-order valence-corrected chi connectivity index (χ0v) is 9.66. The first-order valence-electron chi connectivity index (χ1n) is 5.37. The van der Waals surface area contributed by atoms with Crippen LogP contribution in [0.2, 0.25) is 0 Å². The van der Waals surface area contributed by atoms with E-state index in [9.17, 15) is 0 Å². The van der Waals surface area contributed by atoms with Crippen LogP contribution < -0.4 is 15.2 Å². The molecule has 4 heteroatoms. The predicted octanol–water partition coefficient (Wildman–Crippen LogP) is 1.28. The van der Waals surface area contributed by atoms with Gasteiger partial charge in [0, 0.05) is 12.1 Å². The fourth-order valence-electron chi connectivity index (χ4n) is 2.15. The summed E-state index contributed by atoms with van der Waals surface area (Å²) in [6.07, 6.45) is 0.815. The molecule has 0 fully saturated rings. The van der Waals surface area contributed by atoms with Crippen molar-refractivity contribution in [3.63, 3.8) is 0 Å². The number of benzene rings is 1. The van der Waals surface area contributed by atoms with Crippen molar-refractivity contribution in [2.24, 2.45) is 5.73 Å². The maximum atomic E-state index is 5.68. The molecule has 0 spiro atoms. The Kier molecular flexibility index (Phi) is 3.31. The molecule has 1 atom stereocenters. The summed E-state index contributed by atoms with van der Waals surface area (Å²) < 4.78 is 16.3. The normalized spacial score (nSPS) is 19.1. The number of hydrogen-bond donors (Lipinski definition) is 1. The lowest BCUT2D eigenvalue weighted by Gasteiger charge is -2.27. The molecule has 88 valence electrons. The second-order valence-electron chi connectivity index (χ2n) is 3.71. The first kappa shape index (κ1) is 11.2. The van der Waals surface area contributed by atoms with E-state index in [1.165, 1.54) is 0 Å². The summed E-state index contributed by atoms with van der Waals surface area (Å²) >= 11 is 0. The van der Waals surface area contributed by atoms with Gasteiger partial charge >= 0.3 is 0 Å². The summed E-state index contributed by atoms with van der Waals surface area (Å²) in [7, 11) is 3.30. The third-order valence-electron chi connectivity index (χ3n) is 2.92. The highest BCUT2D eigenvalue weighted by molar-refractivity contribution is 5.52. The van der Waals surface area contributed by atoms with E-state index >= 15 is 0 Å². The number of hydrogen-bond acceptors (Lipinski definition) is 4. The van der Waals surface area contributed by atoms with E-state index in [-0.39, 0.29) is 6.10 Å². The minimum atomic E-state index is -0.0245. The molecule has 0 saturated heterocycles. The molecule has 1 heterocycles. The Morgan fingerprint density at radius 1 is 1.38 bits per heavy atom. The van der Waals surface area contributed by atoms with Crippen molar-refractivity contribution in [3.8, 4) is 11.5 Å². The first-order valence-corrected chi connectivity index (χ1v) is 5.37. The molecule has 4 nitrogen and oxygen atoms in total. The smallest absolute Gasteiger partial charge is 0.164 e. The Balaban J connectivity index is 2.50. The average molecular weight is 223 g/mol. The molecule has 1 aromatic rings. The van der Waals surface area contributed by atoms with Gasteiger partial charge in [-0.05, 0) is 18.1 Å². The van der Waals surface area contributed by atoms with Gasteiger partial charge in [-0.15, -0.1) is 0 Å². The van der Waals surface area contributed by atoms with Crippen LogP contribution in [0.3, 0.4) is 0 Å². The van der Waals surface area contributed by atoms with Gasteiger partial charge in [-0.1, -0.05) is 6.07 Å². The lowest BCUT2D eigenvalue weighted by atomic mass is 9.96. The monoisotopic (exact) mass is 223 g/mol. The Labute approximate surface area is 95.3 Å². The van der Waals surface area contributed by atoms with Crippen molar-refractivity contribution in [2.75, 3.05) is 27.4 Å². The van der Waals surface area contributed by atoms with E-state index in [0.717, 1.165) is 29.0 Å². The molecule has 0 unspecified atom stereocenters.